The van der Waals surface area contributed by atoms with Crippen LogP contribution in [0.15, 0.2) is 42.5 Å². The molecule has 0 spiro atoms. The van der Waals surface area contributed by atoms with Gasteiger partial charge in [0.15, 0.2) is 0 Å². The molecule has 2 aromatic rings. The molecule has 2 atom stereocenters. The Bertz CT molecular complexity index is 584. The SMILES string of the molecule is CC(NC(C)c1ccc(F)c(Cl)c1)c1ccc(Cl)cc1. The van der Waals surface area contributed by atoms with Crippen molar-refractivity contribution in [3.8, 4) is 0 Å². The van der Waals surface area contributed by atoms with Crippen LogP contribution in [0.5, 0.6) is 0 Å². The number of hydrogen-bond acceptors (Lipinski definition) is 1. The fraction of sp³-hybridized carbons (Fsp3) is 0.250. The average molecular weight is 312 g/mol. The van der Waals surface area contributed by atoms with Gasteiger partial charge in [-0.05, 0) is 49.2 Å². The summed E-state index contributed by atoms with van der Waals surface area (Å²) in [5, 5.41) is 4.32. The lowest BCUT2D eigenvalue weighted by atomic mass is 10.0. The molecule has 0 aromatic heterocycles. The molecule has 0 radical (unpaired) electrons. The minimum Gasteiger partial charge on any atom is -0.304 e. The Kier molecular flexibility index (Phi) is 5.03. The van der Waals surface area contributed by atoms with E-state index in [9.17, 15) is 4.39 Å². The first kappa shape index (κ1) is 15.3. The second-order valence-electron chi connectivity index (χ2n) is 4.84. The maximum absolute atomic E-state index is 13.2. The van der Waals surface area contributed by atoms with Crippen LogP contribution in [0.4, 0.5) is 4.39 Å². The Morgan fingerprint density at radius 3 is 2.05 bits per heavy atom. The van der Waals surface area contributed by atoms with Gasteiger partial charge < -0.3 is 5.32 Å². The third-order valence-corrected chi connectivity index (χ3v) is 3.86. The molecule has 2 aromatic carbocycles. The number of halogens is 3. The maximum atomic E-state index is 13.2. The number of rotatable bonds is 4. The highest BCUT2D eigenvalue weighted by Crippen LogP contribution is 2.24. The molecule has 1 nitrogen and oxygen atoms in total. The van der Waals surface area contributed by atoms with E-state index < -0.39 is 5.82 Å². The van der Waals surface area contributed by atoms with E-state index >= 15 is 0 Å². The van der Waals surface area contributed by atoms with Crippen molar-refractivity contribution >= 4 is 23.2 Å². The third-order valence-electron chi connectivity index (χ3n) is 3.31. The first-order valence-electron chi connectivity index (χ1n) is 6.44. The predicted octanol–water partition coefficient (Wildman–Crippen LogP) is 5.54. The van der Waals surface area contributed by atoms with Crippen LogP contribution in [0, 0.1) is 5.82 Å². The van der Waals surface area contributed by atoms with Gasteiger partial charge in [0.2, 0.25) is 0 Å². The van der Waals surface area contributed by atoms with Crippen molar-refractivity contribution < 1.29 is 4.39 Å². The largest absolute Gasteiger partial charge is 0.304 e. The van der Waals surface area contributed by atoms with Gasteiger partial charge in [0.1, 0.15) is 5.82 Å². The first-order chi connectivity index (χ1) is 9.47. The van der Waals surface area contributed by atoms with Gasteiger partial charge in [0.25, 0.3) is 0 Å². The van der Waals surface area contributed by atoms with Crippen LogP contribution >= 0.6 is 23.2 Å². The summed E-state index contributed by atoms with van der Waals surface area (Å²) in [5.74, 6) is -0.395. The van der Waals surface area contributed by atoms with Crippen molar-refractivity contribution in [3.63, 3.8) is 0 Å². The molecule has 4 heteroatoms. The minimum absolute atomic E-state index is 0.0683. The van der Waals surface area contributed by atoms with E-state index in [1.54, 1.807) is 12.1 Å². The first-order valence-corrected chi connectivity index (χ1v) is 7.19. The maximum Gasteiger partial charge on any atom is 0.141 e. The van der Waals surface area contributed by atoms with Gasteiger partial charge in [0, 0.05) is 17.1 Å². The molecule has 0 fully saturated rings. The highest BCUT2D eigenvalue weighted by Gasteiger charge is 2.12. The molecule has 2 rings (SSSR count). The Labute approximate surface area is 128 Å². The van der Waals surface area contributed by atoms with Crippen molar-refractivity contribution in [1.82, 2.24) is 5.32 Å². The normalized spacial score (nSPS) is 14.1. The van der Waals surface area contributed by atoms with E-state index in [1.807, 2.05) is 31.2 Å². The van der Waals surface area contributed by atoms with Crippen molar-refractivity contribution in [1.29, 1.82) is 0 Å². The molecule has 1 N–H and O–H groups in total. The van der Waals surface area contributed by atoms with Crippen molar-refractivity contribution in [2.75, 3.05) is 0 Å². The second kappa shape index (κ2) is 6.57. The summed E-state index contributed by atoms with van der Waals surface area (Å²) in [6.07, 6.45) is 0. The van der Waals surface area contributed by atoms with Crippen LogP contribution in [-0.4, -0.2) is 0 Å². The third kappa shape index (κ3) is 3.72. The molecule has 0 amide bonds. The van der Waals surface area contributed by atoms with Crippen molar-refractivity contribution in [2.45, 2.75) is 25.9 Å². The summed E-state index contributed by atoms with van der Waals surface area (Å²) >= 11 is 11.7. The summed E-state index contributed by atoms with van der Waals surface area (Å²) in [6, 6.07) is 12.7. The van der Waals surface area contributed by atoms with Crippen molar-refractivity contribution in [2.24, 2.45) is 0 Å². The van der Waals surface area contributed by atoms with Crippen LogP contribution in [0.3, 0.4) is 0 Å². The average Bonchev–Trinajstić information content (AvgIpc) is 2.42. The molecule has 0 aliphatic carbocycles. The van der Waals surface area contributed by atoms with Gasteiger partial charge in [-0.2, -0.15) is 0 Å². The summed E-state index contributed by atoms with van der Waals surface area (Å²) in [6.45, 7) is 4.10. The Morgan fingerprint density at radius 2 is 1.45 bits per heavy atom. The molecule has 0 saturated carbocycles. The standard InChI is InChI=1S/C16H16Cl2FN/c1-10(12-3-6-14(17)7-4-12)20-11(2)13-5-8-16(19)15(18)9-13/h3-11,20H,1-2H3. The van der Waals surface area contributed by atoms with Gasteiger partial charge in [-0.3, -0.25) is 0 Å². The highest BCUT2D eigenvalue weighted by molar-refractivity contribution is 6.31. The zero-order valence-electron chi connectivity index (χ0n) is 11.3. The molecule has 0 heterocycles. The summed E-state index contributed by atoms with van der Waals surface area (Å²) in [7, 11) is 0. The van der Waals surface area contributed by atoms with Crippen LogP contribution in [0.25, 0.3) is 0 Å². The quantitative estimate of drug-likeness (QED) is 0.781. The molecule has 2 unspecified atom stereocenters. The van der Waals surface area contributed by atoms with Gasteiger partial charge in [-0.25, -0.2) is 4.39 Å². The molecule has 0 saturated heterocycles. The lowest BCUT2D eigenvalue weighted by Crippen LogP contribution is -2.22. The number of nitrogens with one attached hydrogen (secondary N) is 1. The summed E-state index contributed by atoms with van der Waals surface area (Å²) in [5.41, 5.74) is 2.10. The minimum atomic E-state index is -0.395. The van der Waals surface area contributed by atoms with Gasteiger partial charge in [-0.15, -0.1) is 0 Å². The van der Waals surface area contributed by atoms with Gasteiger partial charge in [0.05, 0.1) is 5.02 Å². The van der Waals surface area contributed by atoms with Gasteiger partial charge in [-0.1, -0.05) is 41.4 Å². The molecular formula is C16H16Cl2FN. The van der Waals surface area contributed by atoms with Crippen LogP contribution in [0.1, 0.15) is 37.1 Å². The van der Waals surface area contributed by atoms with Crippen LogP contribution < -0.4 is 5.32 Å². The van der Waals surface area contributed by atoms with Crippen LogP contribution in [0.2, 0.25) is 10.0 Å². The molecule has 0 bridgehead atoms. The van der Waals surface area contributed by atoms with E-state index in [1.165, 1.54) is 6.07 Å². The smallest absolute Gasteiger partial charge is 0.141 e. The number of hydrogen-bond donors (Lipinski definition) is 1. The van der Waals surface area contributed by atoms with Crippen LogP contribution in [-0.2, 0) is 0 Å². The fourth-order valence-corrected chi connectivity index (χ4v) is 2.42. The highest BCUT2D eigenvalue weighted by atomic mass is 35.5. The lowest BCUT2D eigenvalue weighted by Gasteiger charge is -2.21. The monoisotopic (exact) mass is 311 g/mol. The van der Waals surface area contributed by atoms with E-state index in [0.29, 0.717) is 0 Å². The topological polar surface area (TPSA) is 12.0 Å². The molecule has 20 heavy (non-hydrogen) atoms. The molecular weight excluding hydrogens is 296 g/mol. The summed E-state index contributed by atoms with van der Waals surface area (Å²) in [4.78, 5) is 0. The molecule has 106 valence electrons. The summed E-state index contributed by atoms with van der Waals surface area (Å²) < 4.78 is 13.2. The Hall–Kier alpha value is -1.09. The number of benzene rings is 2. The van der Waals surface area contributed by atoms with E-state index in [-0.39, 0.29) is 17.1 Å². The predicted molar refractivity (Wildman–Crippen MR) is 82.8 cm³/mol. The second-order valence-corrected chi connectivity index (χ2v) is 5.68. The van der Waals surface area contributed by atoms with Gasteiger partial charge >= 0.3 is 0 Å². The zero-order chi connectivity index (χ0) is 14.7. The lowest BCUT2D eigenvalue weighted by molar-refractivity contribution is 0.494. The van der Waals surface area contributed by atoms with E-state index in [4.69, 9.17) is 23.2 Å². The Morgan fingerprint density at radius 1 is 0.900 bits per heavy atom. The van der Waals surface area contributed by atoms with E-state index in [2.05, 4.69) is 12.2 Å². The molecule has 0 aliphatic heterocycles. The van der Waals surface area contributed by atoms with E-state index in [0.717, 1.165) is 16.1 Å². The fourth-order valence-electron chi connectivity index (χ4n) is 2.10. The molecule has 0 aliphatic rings. The zero-order valence-corrected chi connectivity index (χ0v) is 12.8. The van der Waals surface area contributed by atoms with Crippen molar-refractivity contribution in [3.05, 3.63) is 69.5 Å². The Balaban J connectivity index is 2.08.